The number of imidazole rings is 1. The van der Waals surface area contributed by atoms with Crippen molar-refractivity contribution in [3.63, 3.8) is 0 Å². The number of H-pyrrole nitrogens is 1. The zero-order valence-electron chi connectivity index (χ0n) is 21.4. The first-order valence-corrected chi connectivity index (χ1v) is 13.0. The highest BCUT2D eigenvalue weighted by Gasteiger charge is 2.41. The van der Waals surface area contributed by atoms with Crippen LogP contribution in [0.2, 0.25) is 0 Å². The standard InChI is InChI=1S/C29H36N4O3/c1-4-23-20-30-26(31-23)27(34)32-25-6-5-22(19-24(25)21-7-9-28(2,3)10-8-21)29(11-15-35-16-12-29)33-13-17-36-18-14-33/h1,5-7,19-20H,8-18H2,2-3H3,(H,30,31)(H,32,34). The first-order valence-electron chi connectivity index (χ1n) is 13.0. The molecule has 7 heteroatoms. The Labute approximate surface area is 213 Å². The van der Waals surface area contributed by atoms with E-state index in [-0.39, 0.29) is 17.3 Å². The molecule has 5 rings (SSSR count). The van der Waals surface area contributed by atoms with Gasteiger partial charge in [0.05, 0.1) is 24.9 Å². The van der Waals surface area contributed by atoms with Crippen molar-refractivity contribution in [1.29, 1.82) is 0 Å². The van der Waals surface area contributed by atoms with E-state index in [9.17, 15) is 4.79 Å². The van der Waals surface area contributed by atoms with Gasteiger partial charge in [0, 0.05) is 37.6 Å². The summed E-state index contributed by atoms with van der Waals surface area (Å²) in [5, 5.41) is 3.10. The number of hydrogen-bond donors (Lipinski definition) is 2. The van der Waals surface area contributed by atoms with Gasteiger partial charge in [0.15, 0.2) is 5.82 Å². The van der Waals surface area contributed by atoms with Crippen molar-refractivity contribution in [2.45, 2.75) is 51.5 Å². The van der Waals surface area contributed by atoms with Crippen molar-refractivity contribution in [2.75, 3.05) is 44.8 Å². The minimum absolute atomic E-state index is 0.0868. The van der Waals surface area contributed by atoms with Crippen LogP contribution in [0.15, 0.2) is 30.5 Å². The van der Waals surface area contributed by atoms with E-state index in [1.165, 1.54) is 17.3 Å². The number of aromatic nitrogens is 2. The van der Waals surface area contributed by atoms with Crippen molar-refractivity contribution in [2.24, 2.45) is 5.41 Å². The summed E-state index contributed by atoms with van der Waals surface area (Å²) in [7, 11) is 0. The molecule has 0 radical (unpaired) electrons. The Hall–Kier alpha value is -2.92. The topological polar surface area (TPSA) is 79.5 Å². The van der Waals surface area contributed by atoms with Crippen molar-refractivity contribution >= 4 is 17.2 Å². The summed E-state index contributed by atoms with van der Waals surface area (Å²) in [4.78, 5) is 22.7. The highest BCUT2D eigenvalue weighted by Crippen LogP contribution is 2.44. The predicted octanol–water partition coefficient (Wildman–Crippen LogP) is 4.57. The second kappa shape index (κ2) is 10.2. The fourth-order valence-corrected chi connectivity index (χ4v) is 5.71. The van der Waals surface area contributed by atoms with Crippen LogP contribution in [0.5, 0.6) is 0 Å². The van der Waals surface area contributed by atoms with Crippen LogP contribution in [-0.4, -0.2) is 60.3 Å². The van der Waals surface area contributed by atoms with Crippen molar-refractivity contribution < 1.29 is 14.3 Å². The van der Waals surface area contributed by atoms with E-state index < -0.39 is 0 Å². The summed E-state index contributed by atoms with van der Waals surface area (Å²) in [5.41, 5.74) is 5.17. The van der Waals surface area contributed by atoms with Gasteiger partial charge in [-0.2, -0.15) is 0 Å². The Morgan fingerprint density at radius 2 is 1.89 bits per heavy atom. The van der Waals surface area contributed by atoms with Gasteiger partial charge in [0.1, 0.15) is 5.69 Å². The van der Waals surface area contributed by atoms with E-state index in [1.54, 1.807) is 0 Å². The number of terminal acetylenes is 1. The molecule has 0 unspecified atom stereocenters. The van der Waals surface area contributed by atoms with E-state index in [1.807, 2.05) is 0 Å². The third-order valence-electron chi connectivity index (χ3n) is 8.01. The number of anilines is 1. The molecule has 2 fully saturated rings. The van der Waals surface area contributed by atoms with E-state index in [4.69, 9.17) is 15.9 Å². The SMILES string of the molecule is C#Cc1cnc(C(=O)Nc2ccc(C3(N4CCOCC4)CCOCC3)cc2C2=CCC(C)(C)CC2)[nH]1. The minimum Gasteiger partial charge on any atom is -0.381 e. The molecule has 0 atom stereocenters. The largest absolute Gasteiger partial charge is 0.381 e. The van der Waals surface area contributed by atoms with E-state index in [0.717, 1.165) is 82.9 Å². The number of benzene rings is 1. The third-order valence-corrected chi connectivity index (χ3v) is 8.01. The van der Waals surface area contributed by atoms with Crippen molar-refractivity contribution in [3.05, 3.63) is 53.1 Å². The van der Waals surface area contributed by atoms with Crippen LogP contribution in [0.4, 0.5) is 5.69 Å². The molecule has 2 saturated heterocycles. The Morgan fingerprint density at radius 1 is 1.14 bits per heavy atom. The monoisotopic (exact) mass is 488 g/mol. The fraction of sp³-hybridized carbons (Fsp3) is 0.517. The molecule has 2 aliphatic heterocycles. The average molecular weight is 489 g/mol. The second-order valence-corrected chi connectivity index (χ2v) is 10.8. The van der Waals surface area contributed by atoms with Crippen LogP contribution in [0.3, 0.4) is 0 Å². The van der Waals surface area contributed by atoms with Crippen LogP contribution in [0.25, 0.3) is 5.57 Å². The van der Waals surface area contributed by atoms with Gasteiger partial charge < -0.3 is 19.8 Å². The first-order chi connectivity index (χ1) is 17.4. The lowest BCUT2D eigenvalue weighted by Gasteiger charge is -2.48. The summed E-state index contributed by atoms with van der Waals surface area (Å²) in [6.07, 6.45) is 14.3. The molecular formula is C29H36N4O3. The normalized spacial score (nSPS) is 21.9. The number of allylic oxidation sites excluding steroid dienone is 2. The highest BCUT2D eigenvalue weighted by molar-refractivity contribution is 6.03. The van der Waals surface area contributed by atoms with E-state index in [2.05, 4.69) is 64.2 Å². The second-order valence-electron chi connectivity index (χ2n) is 10.8. The molecular weight excluding hydrogens is 452 g/mol. The minimum atomic E-state index is -0.295. The number of amides is 1. The molecule has 1 amide bonds. The Balaban J connectivity index is 1.53. The molecule has 0 bridgehead atoms. The highest BCUT2D eigenvalue weighted by atomic mass is 16.5. The number of morpholine rings is 1. The Kier molecular flexibility index (Phi) is 7.03. The van der Waals surface area contributed by atoms with Crippen molar-refractivity contribution in [3.8, 4) is 12.3 Å². The van der Waals surface area contributed by atoms with Crippen LogP contribution >= 0.6 is 0 Å². The first kappa shape index (κ1) is 24.8. The average Bonchev–Trinajstić information content (AvgIpc) is 3.40. The molecule has 3 heterocycles. The molecule has 0 saturated carbocycles. The van der Waals surface area contributed by atoms with Gasteiger partial charge >= 0.3 is 0 Å². The number of carbonyl (C=O) groups excluding carboxylic acids is 1. The molecule has 36 heavy (non-hydrogen) atoms. The molecule has 3 aliphatic rings. The van der Waals surface area contributed by atoms with Crippen LogP contribution in [-0.2, 0) is 15.0 Å². The smallest absolute Gasteiger partial charge is 0.291 e. The van der Waals surface area contributed by atoms with E-state index >= 15 is 0 Å². The van der Waals surface area contributed by atoms with Crippen LogP contribution in [0.1, 0.15) is 73.4 Å². The predicted molar refractivity (Wildman–Crippen MR) is 141 cm³/mol. The van der Waals surface area contributed by atoms with Crippen molar-refractivity contribution in [1.82, 2.24) is 14.9 Å². The van der Waals surface area contributed by atoms with Gasteiger partial charge in [-0.05, 0) is 60.8 Å². The van der Waals surface area contributed by atoms with Crippen LogP contribution < -0.4 is 5.32 Å². The molecule has 1 aromatic heterocycles. The molecule has 7 nitrogen and oxygen atoms in total. The number of rotatable bonds is 5. The lowest BCUT2D eigenvalue weighted by atomic mass is 9.75. The van der Waals surface area contributed by atoms with Gasteiger partial charge in [-0.3, -0.25) is 9.69 Å². The number of carbonyl (C=O) groups is 1. The number of hydrogen-bond acceptors (Lipinski definition) is 5. The fourth-order valence-electron chi connectivity index (χ4n) is 5.71. The summed E-state index contributed by atoms with van der Waals surface area (Å²) < 4.78 is 11.5. The molecule has 1 aromatic carbocycles. The summed E-state index contributed by atoms with van der Waals surface area (Å²) >= 11 is 0. The Morgan fingerprint density at radius 3 is 2.56 bits per heavy atom. The van der Waals surface area contributed by atoms with E-state index in [0.29, 0.717) is 11.1 Å². The number of nitrogens with zero attached hydrogens (tertiary/aromatic N) is 2. The molecule has 2 N–H and O–H groups in total. The number of aromatic amines is 1. The quantitative estimate of drug-likeness (QED) is 0.603. The number of nitrogens with one attached hydrogen (secondary N) is 2. The van der Waals surface area contributed by atoms with Gasteiger partial charge in [-0.25, -0.2) is 4.98 Å². The lowest BCUT2D eigenvalue weighted by molar-refractivity contribution is -0.0746. The molecule has 2 aromatic rings. The van der Waals surface area contributed by atoms with Crippen LogP contribution in [0, 0.1) is 17.8 Å². The summed E-state index contributed by atoms with van der Waals surface area (Å²) in [6.45, 7) is 9.47. The molecule has 0 spiro atoms. The zero-order valence-corrected chi connectivity index (χ0v) is 21.4. The lowest BCUT2D eigenvalue weighted by Crippen LogP contribution is -2.54. The van der Waals surface area contributed by atoms with Gasteiger partial charge in [0.2, 0.25) is 0 Å². The summed E-state index contributed by atoms with van der Waals surface area (Å²) in [6, 6.07) is 6.56. The zero-order chi connectivity index (χ0) is 25.2. The van der Waals surface area contributed by atoms with Gasteiger partial charge in [0.25, 0.3) is 5.91 Å². The maximum absolute atomic E-state index is 13.0. The number of ether oxygens (including phenoxy) is 2. The summed E-state index contributed by atoms with van der Waals surface area (Å²) in [5.74, 6) is 2.40. The Bertz CT molecular complexity index is 1180. The molecule has 1 aliphatic carbocycles. The maximum atomic E-state index is 13.0. The van der Waals surface area contributed by atoms with Gasteiger partial charge in [-0.15, -0.1) is 6.42 Å². The maximum Gasteiger partial charge on any atom is 0.291 e. The molecule has 190 valence electrons. The third kappa shape index (κ3) is 4.99. The van der Waals surface area contributed by atoms with Gasteiger partial charge in [-0.1, -0.05) is 31.9 Å².